The molecule has 2 aromatic carbocycles. The molecule has 1 N–H and O–H groups in total. The minimum absolute atomic E-state index is 0.555. The number of hydrogen-bond donors (Lipinski definition) is 1. The van der Waals surface area contributed by atoms with Crippen LogP contribution in [0.15, 0.2) is 59.7 Å². The first-order valence-electron chi connectivity index (χ1n) is 6.33. The zero-order valence-electron chi connectivity index (χ0n) is 10.9. The summed E-state index contributed by atoms with van der Waals surface area (Å²) in [6.45, 7) is 0. The van der Waals surface area contributed by atoms with Crippen LogP contribution in [0.5, 0.6) is 0 Å². The molecule has 0 atom stereocenters. The molecular weight excluding hydrogens is 305 g/mol. The Morgan fingerprint density at radius 3 is 2.48 bits per heavy atom. The van der Waals surface area contributed by atoms with Crippen LogP contribution in [0, 0.1) is 0 Å². The number of hydrogen-bond acceptors (Lipinski definition) is 3. The predicted molar refractivity (Wildman–Crippen MR) is 89.4 cm³/mol. The molecular formula is C16H11Cl2N3. The topological polar surface area (TPSA) is 37.3 Å². The largest absolute Gasteiger partial charge is 0.261 e. The number of halogens is 2. The van der Waals surface area contributed by atoms with E-state index >= 15 is 0 Å². The number of nitrogens with one attached hydrogen (secondary N) is 1. The monoisotopic (exact) mass is 315 g/mol. The SMILES string of the molecule is Clc1cccc(Cl)c1/C=N\Nc1ccc2ccccc2n1. The molecule has 0 unspecified atom stereocenters. The minimum Gasteiger partial charge on any atom is -0.261 e. The summed E-state index contributed by atoms with van der Waals surface area (Å²) in [5, 5.41) is 6.33. The maximum Gasteiger partial charge on any atom is 0.146 e. The number of hydrazone groups is 1. The second kappa shape index (κ2) is 6.12. The summed E-state index contributed by atoms with van der Waals surface area (Å²) in [6.07, 6.45) is 1.58. The Labute approximate surface area is 132 Å². The Morgan fingerprint density at radius 2 is 1.67 bits per heavy atom. The van der Waals surface area contributed by atoms with Gasteiger partial charge in [-0.1, -0.05) is 47.5 Å². The smallest absolute Gasteiger partial charge is 0.146 e. The maximum absolute atomic E-state index is 6.07. The van der Waals surface area contributed by atoms with E-state index in [2.05, 4.69) is 15.5 Å². The van der Waals surface area contributed by atoms with Crippen LogP contribution in [0.25, 0.3) is 10.9 Å². The Morgan fingerprint density at radius 1 is 0.905 bits per heavy atom. The molecule has 1 aromatic heterocycles. The Bertz CT molecular complexity index is 795. The lowest BCUT2D eigenvalue weighted by Gasteiger charge is -2.03. The molecule has 1 heterocycles. The summed E-state index contributed by atoms with van der Waals surface area (Å²) >= 11 is 12.1. The fraction of sp³-hybridized carbons (Fsp3) is 0. The van der Waals surface area contributed by atoms with E-state index in [9.17, 15) is 0 Å². The summed E-state index contributed by atoms with van der Waals surface area (Å²) in [5.41, 5.74) is 4.47. The van der Waals surface area contributed by atoms with Crippen molar-refractivity contribution in [1.82, 2.24) is 4.98 Å². The summed E-state index contributed by atoms with van der Waals surface area (Å²) in [5.74, 6) is 0.660. The third-order valence-corrected chi connectivity index (χ3v) is 3.63. The van der Waals surface area contributed by atoms with Gasteiger partial charge in [0.1, 0.15) is 5.82 Å². The summed E-state index contributed by atoms with van der Waals surface area (Å²) in [4.78, 5) is 4.46. The van der Waals surface area contributed by atoms with Gasteiger partial charge >= 0.3 is 0 Å². The van der Waals surface area contributed by atoms with Crippen LogP contribution < -0.4 is 5.43 Å². The number of fused-ring (bicyclic) bond motifs is 1. The van der Waals surface area contributed by atoms with Gasteiger partial charge in [-0.25, -0.2) is 4.98 Å². The van der Waals surface area contributed by atoms with E-state index in [-0.39, 0.29) is 0 Å². The fourth-order valence-electron chi connectivity index (χ4n) is 1.93. The maximum atomic E-state index is 6.07. The van der Waals surface area contributed by atoms with Gasteiger partial charge in [-0.15, -0.1) is 0 Å². The second-order valence-corrected chi connectivity index (χ2v) is 5.21. The van der Waals surface area contributed by atoms with E-state index in [4.69, 9.17) is 23.2 Å². The Balaban J connectivity index is 1.81. The van der Waals surface area contributed by atoms with Gasteiger partial charge in [-0.3, -0.25) is 5.43 Å². The van der Waals surface area contributed by atoms with Crippen molar-refractivity contribution in [3.05, 3.63) is 70.2 Å². The predicted octanol–water partition coefficient (Wildman–Crippen LogP) is 4.99. The lowest BCUT2D eigenvalue weighted by molar-refractivity contribution is 1.26. The van der Waals surface area contributed by atoms with E-state index in [1.165, 1.54) is 0 Å². The van der Waals surface area contributed by atoms with Crippen LogP contribution in [0.1, 0.15) is 5.56 Å². The van der Waals surface area contributed by atoms with Crippen LogP contribution in [-0.2, 0) is 0 Å². The van der Waals surface area contributed by atoms with E-state index in [1.54, 1.807) is 24.4 Å². The van der Waals surface area contributed by atoms with Crippen molar-refractivity contribution in [2.45, 2.75) is 0 Å². The molecule has 0 radical (unpaired) electrons. The standard InChI is InChI=1S/C16H11Cl2N3/c17-13-5-3-6-14(18)12(13)10-19-21-16-9-8-11-4-1-2-7-15(11)20-16/h1-10H,(H,20,21)/b19-10-. The number of anilines is 1. The average molecular weight is 316 g/mol. The van der Waals surface area contributed by atoms with Crippen molar-refractivity contribution in [2.75, 3.05) is 5.43 Å². The number of rotatable bonds is 3. The molecule has 0 saturated heterocycles. The van der Waals surface area contributed by atoms with Crippen molar-refractivity contribution >= 4 is 46.1 Å². The summed E-state index contributed by atoms with van der Waals surface area (Å²) in [7, 11) is 0. The molecule has 0 fully saturated rings. The quantitative estimate of drug-likeness (QED) is 0.546. The zero-order chi connectivity index (χ0) is 14.7. The van der Waals surface area contributed by atoms with E-state index in [0.717, 1.165) is 10.9 Å². The van der Waals surface area contributed by atoms with E-state index in [1.807, 2.05) is 36.4 Å². The van der Waals surface area contributed by atoms with Crippen LogP contribution in [-0.4, -0.2) is 11.2 Å². The highest BCUT2D eigenvalue weighted by atomic mass is 35.5. The molecule has 0 spiro atoms. The number of benzene rings is 2. The first-order chi connectivity index (χ1) is 10.2. The molecule has 21 heavy (non-hydrogen) atoms. The summed E-state index contributed by atoms with van der Waals surface area (Å²) < 4.78 is 0. The van der Waals surface area contributed by atoms with Gasteiger partial charge in [-0.05, 0) is 30.3 Å². The second-order valence-electron chi connectivity index (χ2n) is 4.39. The first kappa shape index (κ1) is 13.9. The van der Waals surface area contributed by atoms with Crippen molar-refractivity contribution < 1.29 is 0 Å². The van der Waals surface area contributed by atoms with Crippen LogP contribution in [0.4, 0.5) is 5.82 Å². The van der Waals surface area contributed by atoms with Crippen molar-refractivity contribution in [1.29, 1.82) is 0 Å². The fourth-order valence-corrected chi connectivity index (χ4v) is 2.42. The number of aromatic nitrogens is 1. The summed E-state index contributed by atoms with van der Waals surface area (Å²) in [6, 6.07) is 17.1. The number of pyridine rings is 1. The lowest BCUT2D eigenvalue weighted by Crippen LogP contribution is -1.94. The van der Waals surface area contributed by atoms with Crippen LogP contribution in [0.2, 0.25) is 10.0 Å². The van der Waals surface area contributed by atoms with Gasteiger partial charge in [0.25, 0.3) is 0 Å². The molecule has 0 bridgehead atoms. The van der Waals surface area contributed by atoms with E-state index in [0.29, 0.717) is 21.4 Å². The molecule has 3 nitrogen and oxygen atoms in total. The Hall–Kier alpha value is -2.10. The van der Waals surface area contributed by atoms with Gasteiger partial charge in [0.05, 0.1) is 21.8 Å². The highest BCUT2D eigenvalue weighted by Gasteiger charge is 2.02. The molecule has 0 aliphatic heterocycles. The molecule has 0 saturated carbocycles. The van der Waals surface area contributed by atoms with Gasteiger partial charge in [0.2, 0.25) is 0 Å². The average Bonchev–Trinajstić information content (AvgIpc) is 2.50. The lowest BCUT2D eigenvalue weighted by atomic mass is 10.2. The highest BCUT2D eigenvalue weighted by Crippen LogP contribution is 2.22. The molecule has 3 aromatic rings. The molecule has 104 valence electrons. The molecule has 0 aliphatic rings. The third kappa shape index (κ3) is 3.15. The third-order valence-electron chi connectivity index (χ3n) is 2.97. The van der Waals surface area contributed by atoms with E-state index < -0.39 is 0 Å². The molecule has 0 amide bonds. The normalized spacial score (nSPS) is 11.1. The zero-order valence-corrected chi connectivity index (χ0v) is 12.4. The first-order valence-corrected chi connectivity index (χ1v) is 7.08. The van der Waals surface area contributed by atoms with Gasteiger partial charge in [0, 0.05) is 10.9 Å². The van der Waals surface area contributed by atoms with Gasteiger partial charge in [-0.2, -0.15) is 5.10 Å². The highest BCUT2D eigenvalue weighted by molar-refractivity contribution is 6.38. The molecule has 3 rings (SSSR count). The Kier molecular flexibility index (Phi) is 4.04. The molecule has 0 aliphatic carbocycles. The van der Waals surface area contributed by atoms with Crippen molar-refractivity contribution in [2.24, 2.45) is 5.10 Å². The van der Waals surface area contributed by atoms with Crippen LogP contribution >= 0.6 is 23.2 Å². The number of nitrogens with zero attached hydrogens (tertiary/aromatic N) is 2. The minimum atomic E-state index is 0.555. The van der Waals surface area contributed by atoms with Crippen LogP contribution in [0.3, 0.4) is 0 Å². The van der Waals surface area contributed by atoms with Crippen molar-refractivity contribution in [3.63, 3.8) is 0 Å². The van der Waals surface area contributed by atoms with Gasteiger partial charge < -0.3 is 0 Å². The molecule has 5 heteroatoms. The number of para-hydroxylation sites is 1. The van der Waals surface area contributed by atoms with Crippen molar-refractivity contribution in [3.8, 4) is 0 Å². The van der Waals surface area contributed by atoms with Gasteiger partial charge in [0.15, 0.2) is 0 Å².